The first-order valence-electron chi connectivity index (χ1n) is 8.17. The van der Waals surface area contributed by atoms with E-state index in [-0.39, 0.29) is 17.3 Å². The van der Waals surface area contributed by atoms with Gasteiger partial charge in [0.15, 0.2) is 0 Å². The molecule has 1 atom stereocenters. The average Bonchev–Trinajstić information content (AvgIpc) is 2.54. The summed E-state index contributed by atoms with van der Waals surface area (Å²) in [5.41, 5.74) is 9.36. The molecule has 0 spiro atoms. The number of aromatic hydroxyl groups is 1. The van der Waals surface area contributed by atoms with Crippen LogP contribution in [0.5, 0.6) is 11.5 Å². The fourth-order valence-electron chi connectivity index (χ4n) is 2.85. The van der Waals surface area contributed by atoms with Crippen LogP contribution >= 0.6 is 0 Å². The van der Waals surface area contributed by atoms with Crippen molar-refractivity contribution in [2.45, 2.75) is 39.2 Å². The summed E-state index contributed by atoms with van der Waals surface area (Å²) < 4.78 is 11.3. The molecule has 0 bridgehead atoms. The number of nitrogen functional groups attached to an aromatic ring is 1. The Morgan fingerprint density at radius 2 is 1.71 bits per heavy atom. The number of ether oxygens (including phenoxy) is 2. The Morgan fingerprint density at radius 3 is 2.21 bits per heavy atom. The topological polar surface area (TPSA) is 64.7 Å². The zero-order valence-electron chi connectivity index (χ0n) is 15.1. The fraction of sp³-hybridized carbons (Fsp3) is 0.400. The molecule has 4 heteroatoms. The minimum absolute atomic E-state index is 0.0798. The van der Waals surface area contributed by atoms with Crippen molar-refractivity contribution in [3.63, 3.8) is 0 Å². The van der Waals surface area contributed by atoms with Crippen molar-refractivity contribution in [3.8, 4) is 11.5 Å². The normalized spacial score (nSPS) is 12.9. The first-order valence-corrected chi connectivity index (χ1v) is 8.17. The lowest BCUT2D eigenvalue weighted by molar-refractivity contribution is 0.0904. The van der Waals surface area contributed by atoms with Gasteiger partial charge in [-0.25, -0.2) is 0 Å². The van der Waals surface area contributed by atoms with Crippen molar-refractivity contribution in [1.29, 1.82) is 0 Å². The Bertz CT molecular complexity index is 687. The van der Waals surface area contributed by atoms with Crippen LogP contribution < -0.4 is 10.5 Å². The van der Waals surface area contributed by atoms with E-state index in [2.05, 4.69) is 20.8 Å². The van der Waals surface area contributed by atoms with Crippen molar-refractivity contribution in [1.82, 2.24) is 0 Å². The number of methoxy groups -OCH3 is 1. The Morgan fingerprint density at radius 1 is 1.08 bits per heavy atom. The maximum absolute atomic E-state index is 10.1. The van der Waals surface area contributed by atoms with Gasteiger partial charge in [0.25, 0.3) is 0 Å². The van der Waals surface area contributed by atoms with Gasteiger partial charge in [-0.15, -0.1) is 0 Å². The summed E-state index contributed by atoms with van der Waals surface area (Å²) in [6, 6.07) is 11.3. The van der Waals surface area contributed by atoms with Crippen LogP contribution in [0.1, 0.15) is 50.5 Å². The van der Waals surface area contributed by atoms with Crippen molar-refractivity contribution in [2.24, 2.45) is 0 Å². The number of phenolic OH excluding ortho intramolecular Hbond substituents is 1. The smallest absolute Gasteiger partial charge is 0.138 e. The van der Waals surface area contributed by atoms with Gasteiger partial charge >= 0.3 is 0 Å². The van der Waals surface area contributed by atoms with Crippen LogP contribution in [0, 0.1) is 0 Å². The summed E-state index contributed by atoms with van der Waals surface area (Å²) in [6.45, 7) is 8.86. The molecular formula is C20H27NO3. The number of benzene rings is 2. The lowest BCUT2D eigenvalue weighted by Crippen LogP contribution is -2.20. The second-order valence-corrected chi connectivity index (χ2v) is 6.82. The quantitative estimate of drug-likeness (QED) is 0.630. The molecule has 4 nitrogen and oxygen atoms in total. The first-order chi connectivity index (χ1) is 11.3. The van der Waals surface area contributed by atoms with E-state index in [1.165, 1.54) is 0 Å². The fourth-order valence-corrected chi connectivity index (χ4v) is 2.85. The molecule has 0 fully saturated rings. The van der Waals surface area contributed by atoms with Crippen LogP contribution in [0.2, 0.25) is 0 Å². The highest BCUT2D eigenvalue weighted by atomic mass is 16.5. The number of phenols is 1. The molecule has 0 aliphatic carbocycles. The molecule has 2 aromatic carbocycles. The van der Waals surface area contributed by atoms with Crippen LogP contribution in [0.3, 0.4) is 0 Å². The molecule has 0 aliphatic rings. The van der Waals surface area contributed by atoms with E-state index in [1.807, 2.05) is 37.3 Å². The monoisotopic (exact) mass is 329 g/mol. The van der Waals surface area contributed by atoms with Gasteiger partial charge in [0, 0.05) is 12.2 Å². The van der Waals surface area contributed by atoms with Gasteiger partial charge in [-0.05, 0) is 41.7 Å². The molecule has 0 saturated heterocycles. The van der Waals surface area contributed by atoms with Crippen molar-refractivity contribution >= 4 is 5.69 Å². The van der Waals surface area contributed by atoms with Gasteiger partial charge in [-0.3, -0.25) is 0 Å². The maximum Gasteiger partial charge on any atom is 0.138 e. The number of hydrogen-bond acceptors (Lipinski definition) is 4. The lowest BCUT2D eigenvalue weighted by Gasteiger charge is -2.29. The van der Waals surface area contributed by atoms with Gasteiger partial charge in [-0.1, -0.05) is 39.0 Å². The molecule has 0 aliphatic heterocycles. The number of rotatable bonds is 5. The molecule has 0 amide bonds. The number of anilines is 1. The van der Waals surface area contributed by atoms with E-state index >= 15 is 0 Å². The number of nitrogens with two attached hydrogens (primary N) is 1. The Hall–Kier alpha value is -2.20. The Kier molecular flexibility index (Phi) is 5.40. The van der Waals surface area contributed by atoms with E-state index in [9.17, 15) is 5.11 Å². The third-order valence-electron chi connectivity index (χ3n) is 4.09. The van der Waals surface area contributed by atoms with Gasteiger partial charge in [0.1, 0.15) is 17.6 Å². The minimum atomic E-state index is -0.345. The summed E-state index contributed by atoms with van der Waals surface area (Å²) in [5.74, 6) is 0.866. The Balaban J connectivity index is 2.64. The predicted molar refractivity (Wildman–Crippen MR) is 97.7 cm³/mol. The summed E-state index contributed by atoms with van der Waals surface area (Å²) in [7, 11) is 1.64. The van der Waals surface area contributed by atoms with Crippen LogP contribution in [0.15, 0.2) is 36.4 Å². The second-order valence-electron chi connectivity index (χ2n) is 6.82. The van der Waals surface area contributed by atoms with Crippen molar-refractivity contribution < 1.29 is 14.6 Å². The van der Waals surface area contributed by atoms with E-state index in [4.69, 9.17) is 15.2 Å². The zero-order valence-corrected chi connectivity index (χ0v) is 15.1. The highest BCUT2D eigenvalue weighted by Crippen LogP contribution is 2.42. The highest BCUT2D eigenvalue weighted by molar-refractivity contribution is 5.64. The third-order valence-corrected chi connectivity index (χ3v) is 4.09. The van der Waals surface area contributed by atoms with Crippen LogP contribution in [-0.4, -0.2) is 18.8 Å². The first kappa shape index (κ1) is 18.1. The molecule has 2 rings (SSSR count). The van der Waals surface area contributed by atoms with Crippen LogP contribution in [0.25, 0.3) is 0 Å². The van der Waals surface area contributed by atoms with Gasteiger partial charge in [0.2, 0.25) is 0 Å². The maximum atomic E-state index is 10.1. The molecule has 0 saturated carbocycles. The number of hydrogen-bond donors (Lipinski definition) is 2. The molecule has 3 N–H and O–H groups in total. The largest absolute Gasteiger partial charge is 0.506 e. The molecule has 24 heavy (non-hydrogen) atoms. The predicted octanol–water partition coefficient (Wildman–Crippen LogP) is 4.41. The third kappa shape index (κ3) is 3.65. The van der Waals surface area contributed by atoms with Crippen LogP contribution in [-0.2, 0) is 10.2 Å². The van der Waals surface area contributed by atoms with Crippen LogP contribution in [0.4, 0.5) is 5.69 Å². The molecule has 130 valence electrons. The second kappa shape index (κ2) is 7.14. The summed E-state index contributed by atoms with van der Waals surface area (Å²) in [4.78, 5) is 0. The van der Waals surface area contributed by atoms with Gasteiger partial charge < -0.3 is 20.3 Å². The van der Waals surface area contributed by atoms with Gasteiger partial charge in [0.05, 0.1) is 12.8 Å². The van der Waals surface area contributed by atoms with Crippen molar-refractivity contribution in [3.05, 3.63) is 53.1 Å². The molecule has 0 heterocycles. The minimum Gasteiger partial charge on any atom is -0.506 e. The van der Waals surface area contributed by atoms with E-state index in [0.29, 0.717) is 12.3 Å². The molecule has 0 aromatic heterocycles. The standard InChI is InChI=1S/C20H27NO3/c1-6-24-19(13-7-9-14(23-5)10-8-13)17-15(20(2,3)4)11-12-16(22)18(17)21/h7-12,19,22H,6,21H2,1-5H3. The zero-order chi connectivity index (χ0) is 17.9. The summed E-state index contributed by atoms with van der Waals surface area (Å²) >= 11 is 0. The highest BCUT2D eigenvalue weighted by Gasteiger charge is 2.28. The Labute approximate surface area is 144 Å². The SMILES string of the molecule is CCOC(c1ccc(OC)cc1)c1c(C(C)(C)C)ccc(O)c1N. The van der Waals surface area contributed by atoms with E-state index in [1.54, 1.807) is 13.2 Å². The molecule has 2 aromatic rings. The summed E-state index contributed by atoms with van der Waals surface area (Å²) in [6.07, 6.45) is -0.345. The lowest BCUT2D eigenvalue weighted by atomic mass is 9.80. The molecule has 1 unspecified atom stereocenters. The van der Waals surface area contributed by atoms with Gasteiger partial charge in [-0.2, -0.15) is 0 Å². The van der Waals surface area contributed by atoms with Crippen molar-refractivity contribution in [2.75, 3.05) is 19.5 Å². The summed E-state index contributed by atoms with van der Waals surface area (Å²) in [5, 5.41) is 10.1. The van der Waals surface area contributed by atoms with E-state index < -0.39 is 0 Å². The molecular weight excluding hydrogens is 302 g/mol. The van der Waals surface area contributed by atoms with E-state index in [0.717, 1.165) is 22.4 Å². The average molecular weight is 329 g/mol. The molecule has 0 radical (unpaired) electrons.